The summed E-state index contributed by atoms with van der Waals surface area (Å²) in [5.74, 6) is 0.860. The molecule has 0 amide bonds. The van der Waals surface area contributed by atoms with Crippen LogP contribution in [0, 0.1) is 0 Å². The molecule has 0 aliphatic carbocycles. The average Bonchev–Trinajstić information content (AvgIpc) is 3.11. The second kappa shape index (κ2) is 9.51. The number of guanidine groups is 1. The minimum atomic E-state index is 0.175. The van der Waals surface area contributed by atoms with Crippen molar-refractivity contribution in [2.75, 3.05) is 19.3 Å². The van der Waals surface area contributed by atoms with Crippen molar-refractivity contribution >= 4 is 17.7 Å². The fourth-order valence-corrected chi connectivity index (χ4v) is 2.53. The lowest BCUT2D eigenvalue weighted by molar-refractivity contribution is 0.663. The molecule has 1 aromatic heterocycles. The molecule has 0 saturated carbocycles. The number of nitrogens with zero attached hydrogens (tertiary/aromatic N) is 3. The Balaban J connectivity index is 2.06. The van der Waals surface area contributed by atoms with Crippen LogP contribution in [0.5, 0.6) is 0 Å². The van der Waals surface area contributed by atoms with E-state index in [1.807, 2.05) is 28.7 Å². The van der Waals surface area contributed by atoms with Crippen LogP contribution < -0.4 is 10.6 Å². The van der Waals surface area contributed by atoms with Crippen LogP contribution >= 0.6 is 11.8 Å². The molecule has 0 spiro atoms. The van der Waals surface area contributed by atoms with Crippen LogP contribution in [0.2, 0.25) is 0 Å². The minimum absolute atomic E-state index is 0.175. The molecule has 1 aromatic carbocycles. The first-order valence-electron chi connectivity index (χ1n) is 8.65. The Morgan fingerprint density at radius 1 is 1.20 bits per heavy atom. The Bertz CT molecular complexity index is 664. The fourth-order valence-electron chi connectivity index (χ4n) is 2.31. The molecule has 136 valence electrons. The van der Waals surface area contributed by atoms with Gasteiger partial charge in [0.05, 0.1) is 13.1 Å². The van der Waals surface area contributed by atoms with Crippen LogP contribution in [0.4, 0.5) is 0 Å². The Morgan fingerprint density at radius 2 is 1.96 bits per heavy atom. The SMILES string of the molecule is CCNC(=NCc1ccccc1Cn1cccn1)NCC(C)(C)SC. The van der Waals surface area contributed by atoms with Gasteiger partial charge in [0.2, 0.25) is 0 Å². The van der Waals surface area contributed by atoms with E-state index < -0.39 is 0 Å². The van der Waals surface area contributed by atoms with Crippen LogP contribution in [0.25, 0.3) is 0 Å². The topological polar surface area (TPSA) is 54.2 Å². The highest BCUT2D eigenvalue weighted by molar-refractivity contribution is 7.99. The van der Waals surface area contributed by atoms with Gasteiger partial charge in [0.15, 0.2) is 5.96 Å². The van der Waals surface area contributed by atoms with Gasteiger partial charge < -0.3 is 10.6 Å². The molecule has 6 heteroatoms. The molecule has 0 aliphatic rings. The van der Waals surface area contributed by atoms with E-state index in [0.717, 1.165) is 25.6 Å². The van der Waals surface area contributed by atoms with Gasteiger partial charge in [-0.15, -0.1) is 0 Å². The Labute approximate surface area is 155 Å². The number of rotatable bonds is 8. The molecule has 0 saturated heterocycles. The number of aliphatic imine (C=N–C) groups is 1. The highest BCUT2D eigenvalue weighted by atomic mass is 32.2. The van der Waals surface area contributed by atoms with Crippen LogP contribution in [0.1, 0.15) is 31.9 Å². The predicted octanol–water partition coefficient (Wildman–Crippen LogP) is 3.13. The summed E-state index contributed by atoms with van der Waals surface area (Å²) in [6, 6.07) is 10.4. The minimum Gasteiger partial charge on any atom is -0.357 e. The van der Waals surface area contributed by atoms with E-state index in [0.29, 0.717) is 6.54 Å². The Morgan fingerprint density at radius 3 is 2.60 bits per heavy atom. The summed E-state index contributed by atoms with van der Waals surface area (Å²) in [5.41, 5.74) is 2.47. The second-order valence-electron chi connectivity index (χ2n) is 6.48. The van der Waals surface area contributed by atoms with E-state index in [-0.39, 0.29) is 4.75 Å². The fraction of sp³-hybridized carbons (Fsp3) is 0.474. The quantitative estimate of drug-likeness (QED) is 0.562. The van der Waals surface area contributed by atoms with Crippen molar-refractivity contribution in [2.24, 2.45) is 4.99 Å². The first-order valence-corrected chi connectivity index (χ1v) is 9.88. The molecule has 2 N–H and O–H groups in total. The summed E-state index contributed by atoms with van der Waals surface area (Å²) < 4.78 is 2.11. The zero-order valence-corrected chi connectivity index (χ0v) is 16.4. The molecule has 25 heavy (non-hydrogen) atoms. The van der Waals surface area contributed by atoms with Gasteiger partial charge in [-0.25, -0.2) is 4.99 Å². The summed E-state index contributed by atoms with van der Waals surface area (Å²) in [6.45, 7) is 9.67. The van der Waals surface area contributed by atoms with Crippen LogP contribution in [0.15, 0.2) is 47.7 Å². The number of aromatic nitrogens is 2. The van der Waals surface area contributed by atoms with Crippen molar-refractivity contribution in [3.63, 3.8) is 0 Å². The predicted molar refractivity (Wildman–Crippen MR) is 108 cm³/mol. The Kier molecular flexibility index (Phi) is 7.37. The standard InChI is InChI=1S/C19H29N5S/c1-5-20-18(22-15-19(2,3)25-4)21-13-16-9-6-7-10-17(16)14-24-12-8-11-23-24/h6-12H,5,13-15H2,1-4H3,(H2,20,21,22). The van der Waals surface area contributed by atoms with Gasteiger partial charge in [0.25, 0.3) is 0 Å². The summed E-state index contributed by atoms with van der Waals surface area (Å²) in [6.07, 6.45) is 5.93. The number of benzene rings is 1. The maximum Gasteiger partial charge on any atom is 0.191 e. The van der Waals surface area contributed by atoms with E-state index in [1.165, 1.54) is 11.1 Å². The van der Waals surface area contributed by atoms with Gasteiger partial charge in [-0.1, -0.05) is 24.3 Å². The molecule has 5 nitrogen and oxygen atoms in total. The third-order valence-electron chi connectivity index (χ3n) is 4.00. The van der Waals surface area contributed by atoms with Gasteiger partial charge in [-0.2, -0.15) is 16.9 Å². The van der Waals surface area contributed by atoms with Crippen molar-refractivity contribution in [1.82, 2.24) is 20.4 Å². The lowest BCUT2D eigenvalue weighted by atomic mass is 10.1. The van der Waals surface area contributed by atoms with Crippen molar-refractivity contribution in [2.45, 2.75) is 38.6 Å². The van der Waals surface area contributed by atoms with E-state index >= 15 is 0 Å². The van der Waals surface area contributed by atoms with Crippen LogP contribution in [-0.2, 0) is 13.1 Å². The zero-order valence-electron chi connectivity index (χ0n) is 15.6. The van der Waals surface area contributed by atoms with Gasteiger partial charge in [0, 0.05) is 30.2 Å². The molecule has 2 rings (SSSR count). The van der Waals surface area contributed by atoms with E-state index in [9.17, 15) is 0 Å². The summed E-state index contributed by atoms with van der Waals surface area (Å²) in [4.78, 5) is 4.77. The van der Waals surface area contributed by atoms with Gasteiger partial charge >= 0.3 is 0 Å². The highest BCUT2D eigenvalue weighted by Gasteiger charge is 2.16. The lowest BCUT2D eigenvalue weighted by Gasteiger charge is -2.23. The largest absolute Gasteiger partial charge is 0.357 e. The van der Waals surface area contributed by atoms with Crippen LogP contribution in [-0.4, -0.2) is 39.8 Å². The first kappa shape index (κ1) is 19.4. The van der Waals surface area contributed by atoms with Gasteiger partial charge in [0.1, 0.15) is 0 Å². The van der Waals surface area contributed by atoms with Crippen molar-refractivity contribution < 1.29 is 0 Å². The smallest absolute Gasteiger partial charge is 0.191 e. The molecule has 0 atom stereocenters. The highest BCUT2D eigenvalue weighted by Crippen LogP contribution is 2.19. The number of nitrogens with one attached hydrogen (secondary N) is 2. The molecular formula is C19H29N5S. The molecule has 0 aliphatic heterocycles. The first-order chi connectivity index (χ1) is 12.0. The van der Waals surface area contributed by atoms with Crippen molar-refractivity contribution in [3.8, 4) is 0 Å². The second-order valence-corrected chi connectivity index (χ2v) is 8.00. The third-order valence-corrected chi connectivity index (χ3v) is 5.25. The van der Waals surface area contributed by atoms with E-state index in [1.54, 1.807) is 6.20 Å². The summed E-state index contributed by atoms with van der Waals surface area (Å²) in [7, 11) is 0. The summed E-state index contributed by atoms with van der Waals surface area (Å²) >= 11 is 1.85. The molecular weight excluding hydrogens is 330 g/mol. The lowest BCUT2D eigenvalue weighted by Crippen LogP contribution is -2.43. The van der Waals surface area contributed by atoms with Gasteiger partial charge in [-0.05, 0) is 44.2 Å². The number of hydrogen-bond donors (Lipinski definition) is 2. The third kappa shape index (κ3) is 6.46. The molecule has 0 radical (unpaired) electrons. The maximum absolute atomic E-state index is 4.77. The summed E-state index contributed by atoms with van der Waals surface area (Å²) in [5, 5.41) is 11.1. The maximum atomic E-state index is 4.77. The molecule has 0 unspecified atom stereocenters. The van der Waals surface area contributed by atoms with Crippen molar-refractivity contribution in [1.29, 1.82) is 0 Å². The monoisotopic (exact) mass is 359 g/mol. The molecule has 0 fully saturated rings. The Hall–Kier alpha value is -1.95. The number of thioether (sulfide) groups is 1. The zero-order chi connectivity index (χ0) is 18.1. The van der Waals surface area contributed by atoms with E-state index in [2.05, 4.69) is 67.0 Å². The molecule has 2 aromatic rings. The molecule has 1 heterocycles. The van der Waals surface area contributed by atoms with E-state index in [4.69, 9.17) is 4.99 Å². The average molecular weight is 360 g/mol. The number of hydrogen-bond acceptors (Lipinski definition) is 3. The van der Waals surface area contributed by atoms with Crippen molar-refractivity contribution in [3.05, 3.63) is 53.9 Å². The normalized spacial score (nSPS) is 12.2. The van der Waals surface area contributed by atoms with Gasteiger partial charge in [-0.3, -0.25) is 4.68 Å². The molecule has 0 bridgehead atoms. The van der Waals surface area contributed by atoms with Crippen LogP contribution in [0.3, 0.4) is 0 Å².